The number of ether oxygens (including phenoxy) is 1. The van der Waals surface area contributed by atoms with E-state index in [9.17, 15) is 9.59 Å². The molecule has 1 aromatic carbocycles. The number of amides is 2. The van der Waals surface area contributed by atoms with Crippen LogP contribution in [-0.2, 0) is 0 Å². The third kappa shape index (κ3) is 4.84. The van der Waals surface area contributed by atoms with Crippen LogP contribution in [0.15, 0.2) is 36.4 Å². The summed E-state index contributed by atoms with van der Waals surface area (Å²) in [6.45, 7) is 5.48. The molecule has 1 atom stereocenters. The van der Waals surface area contributed by atoms with E-state index in [1.165, 1.54) is 11.3 Å². The molecule has 0 bridgehead atoms. The van der Waals surface area contributed by atoms with Gasteiger partial charge < -0.3 is 20.7 Å². The number of carbonyl (C=O) groups is 2. The zero-order chi connectivity index (χ0) is 19.6. The minimum atomic E-state index is -0.219. The van der Waals surface area contributed by atoms with E-state index < -0.39 is 0 Å². The number of halogens is 1. The van der Waals surface area contributed by atoms with Gasteiger partial charge in [0, 0.05) is 24.7 Å². The van der Waals surface area contributed by atoms with Crippen molar-refractivity contribution in [1.82, 2.24) is 4.90 Å². The third-order valence-corrected chi connectivity index (χ3v) is 5.99. The lowest BCUT2D eigenvalue weighted by Crippen LogP contribution is -2.53. The third-order valence-electron chi connectivity index (χ3n) is 5.01. The number of hydrogen-bond acceptors (Lipinski definition) is 5. The Balaban J connectivity index is 0.00000280. The molecule has 0 aliphatic carbocycles. The minimum absolute atomic E-state index is 0. The van der Waals surface area contributed by atoms with Crippen molar-refractivity contribution in [3.8, 4) is 5.75 Å². The number of anilines is 1. The Kier molecular flexibility index (Phi) is 7.09. The highest BCUT2D eigenvalue weighted by atomic mass is 35.5. The Bertz CT molecular complexity index is 835. The van der Waals surface area contributed by atoms with Gasteiger partial charge in [-0.15, -0.1) is 23.7 Å². The number of methoxy groups -OCH3 is 1. The van der Waals surface area contributed by atoms with Crippen LogP contribution in [0.25, 0.3) is 0 Å². The number of piperidine rings is 1. The van der Waals surface area contributed by atoms with Crippen LogP contribution < -0.4 is 15.8 Å². The lowest BCUT2D eigenvalue weighted by molar-refractivity contribution is 0.0537. The van der Waals surface area contributed by atoms with Crippen LogP contribution in [0.3, 0.4) is 0 Å². The Hall–Kier alpha value is -2.09. The smallest absolute Gasteiger partial charge is 0.264 e. The van der Waals surface area contributed by atoms with Crippen LogP contribution >= 0.6 is 23.7 Å². The normalized spacial score (nSPS) is 18.1. The number of hydrogen-bond donors (Lipinski definition) is 2. The first-order valence-corrected chi connectivity index (χ1v) is 9.72. The van der Waals surface area contributed by atoms with Gasteiger partial charge in [0.05, 0.1) is 17.0 Å². The lowest BCUT2D eigenvalue weighted by atomic mass is 9.79. The zero-order valence-corrected chi connectivity index (χ0v) is 17.9. The molecule has 1 saturated heterocycles. The number of nitrogens with one attached hydrogen (secondary N) is 1. The monoisotopic (exact) mass is 423 g/mol. The standard InChI is InChI=1S/C20H25N3O3S.ClH/c1-20(2)12-23(11-10-16(20)21)19(25)15-8-9-17(27-15)22-18(24)13-4-6-14(26-3)7-5-13;/h4-9,16H,10-12,21H2,1-3H3,(H,22,24);1H. The number of nitrogens with zero attached hydrogens (tertiary/aromatic N) is 1. The minimum Gasteiger partial charge on any atom is -0.497 e. The van der Waals surface area contributed by atoms with E-state index in [0.29, 0.717) is 34.3 Å². The Morgan fingerprint density at radius 3 is 2.50 bits per heavy atom. The van der Waals surface area contributed by atoms with Crippen LogP contribution in [0.4, 0.5) is 5.00 Å². The molecule has 0 spiro atoms. The fourth-order valence-corrected chi connectivity index (χ4v) is 4.02. The van der Waals surface area contributed by atoms with Gasteiger partial charge in [-0.2, -0.15) is 0 Å². The van der Waals surface area contributed by atoms with E-state index in [4.69, 9.17) is 10.5 Å². The molecule has 6 nitrogen and oxygen atoms in total. The average molecular weight is 424 g/mol. The first-order chi connectivity index (χ1) is 12.8. The van der Waals surface area contributed by atoms with Crippen molar-refractivity contribution in [3.05, 3.63) is 46.8 Å². The van der Waals surface area contributed by atoms with Crippen molar-refractivity contribution in [2.45, 2.75) is 26.3 Å². The molecule has 152 valence electrons. The number of nitrogens with two attached hydrogens (primary N) is 1. The second kappa shape index (κ2) is 8.94. The summed E-state index contributed by atoms with van der Waals surface area (Å²) in [6.07, 6.45) is 0.797. The number of benzene rings is 1. The van der Waals surface area contributed by atoms with Crippen LogP contribution in [-0.4, -0.2) is 43.0 Å². The molecule has 1 fully saturated rings. The highest BCUT2D eigenvalue weighted by Crippen LogP contribution is 2.30. The molecule has 28 heavy (non-hydrogen) atoms. The summed E-state index contributed by atoms with van der Waals surface area (Å²) in [6, 6.07) is 10.5. The maximum atomic E-state index is 12.8. The van der Waals surface area contributed by atoms with E-state index in [2.05, 4.69) is 19.2 Å². The predicted molar refractivity (Wildman–Crippen MR) is 115 cm³/mol. The first-order valence-electron chi connectivity index (χ1n) is 8.90. The van der Waals surface area contributed by atoms with E-state index in [1.807, 2.05) is 4.90 Å². The van der Waals surface area contributed by atoms with E-state index in [1.54, 1.807) is 43.5 Å². The number of carbonyl (C=O) groups excluding carboxylic acids is 2. The van der Waals surface area contributed by atoms with Crippen molar-refractivity contribution in [3.63, 3.8) is 0 Å². The van der Waals surface area contributed by atoms with Gasteiger partial charge in [-0.25, -0.2) is 0 Å². The fourth-order valence-electron chi connectivity index (χ4n) is 3.15. The molecule has 0 saturated carbocycles. The van der Waals surface area contributed by atoms with E-state index >= 15 is 0 Å². The number of thiophene rings is 1. The average Bonchev–Trinajstić information content (AvgIpc) is 3.11. The van der Waals surface area contributed by atoms with Gasteiger partial charge in [-0.05, 0) is 48.2 Å². The van der Waals surface area contributed by atoms with Gasteiger partial charge in [0.1, 0.15) is 5.75 Å². The molecule has 8 heteroatoms. The summed E-state index contributed by atoms with van der Waals surface area (Å²) in [5.74, 6) is 0.466. The molecule has 3 N–H and O–H groups in total. The van der Waals surface area contributed by atoms with Gasteiger partial charge in [-0.3, -0.25) is 9.59 Å². The number of rotatable bonds is 4. The second-order valence-electron chi connectivity index (χ2n) is 7.46. The maximum Gasteiger partial charge on any atom is 0.264 e. The summed E-state index contributed by atoms with van der Waals surface area (Å²) in [5, 5.41) is 3.49. The molecule has 0 radical (unpaired) electrons. The fraction of sp³-hybridized carbons (Fsp3) is 0.400. The molecule has 1 unspecified atom stereocenters. The topological polar surface area (TPSA) is 84.7 Å². The molecular weight excluding hydrogens is 398 g/mol. The Labute approximate surface area is 175 Å². The van der Waals surface area contributed by atoms with Crippen LogP contribution in [0.1, 0.15) is 40.3 Å². The molecule has 1 aliphatic heterocycles. The highest BCUT2D eigenvalue weighted by Gasteiger charge is 2.35. The van der Waals surface area contributed by atoms with Gasteiger partial charge in [0.15, 0.2) is 0 Å². The van der Waals surface area contributed by atoms with Crippen molar-refractivity contribution in [2.75, 3.05) is 25.5 Å². The summed E-state index contributed by atoms with van der Waals surface area (Å²) in [7, 11) is 1.58. The van der Waals surface area contributed by atoms with Crippen molar-refractivity contribution < 1.29 is 14.3 Å². The lowest BCUT2D eigenvalue weighted by Gasteiger charge is -2.42. The molecule has 1 aromatic heterocycles. The Morgan fingerprint density at radius 1 is 1.21 bits per heavy atom. The molecular formula is C20H26ClN3O3S. The zero-order valence-electron chi connectivity index (χ0n) is 16.2. The maximum absolute atomic E-state index is 12.8. The van der Waals surface area contributed by atoms with Crippen LogP contribution in [0.2, 0.25) is 0 Å². The molecule has 3 rings (SSSR count). The molecule has 1 aliphatic rings. The molecule has 2 heterocycles. The molecule has 2 aromatic rings. The van der Waals surface area contributed by atoms with Crippen molar-refractivity contribution in [1.29, 1.82) is 0 Å². The first kappa shape index (κ1) is 22.2. The summed E-state index contributed by atoms with van der Waals surface area (Å²) < 4.78 is 5.10. The SMILES string of the molecule is COc1ccc(C(=O)Nc2ccc(C(=O)N3CCC(N)C(C)(C)C3)s2)cc1.Cl. The van der Waals surface area contributed by atoms with E-state index in [0.717, 1.165) is 6.42 Å². The summed E-state index contributed by atoms with van der Waals surface area (Å²) in [4.78, 5) is 27.6. The van der Waals surface area contributed by atoms with Gasteiger partial charge in [0.25, 0.3) is 11.8 Å². The predicted octanol–water partition coefficient (Wildman–Crippen LogP) is 3.63. The van der Waals surface area contributed by atoms with E-state index in [-0.39, 0.29) is 35.7 Å². The second-order valence-corrected chi connectivity index (χ2v) is 8.54. The van der Waals surface area contributed by atoms with Crippen molar-refractivity contribution >= 4 is 40.6 Å². The largest absolute Gasteiger partial charge is 0.497 e. The Morgan fingerprint density at radius 2 is 1.89 bits per heavy atom. The van der Waals surface area contributed by atoms with Gasteiger partial charge >= 0.3 is 0 Å². The van der Waals surface area contributed by atoms with Crippen molar-refractivity contribution in [2.24, 2.45) is 11.1 Å². The molecule has 2 amide bonds. The van der Waals surface area contributed by atoms with Gasteiger partial charge in [0.2, 0.25) is 0 Å². The van der Waals surface area contributed by atoms with Crippen LogP contribution in [0, 0.1) is 5.41 Å². The summed E-state index contributed by atoms with van der Waals surface area (Å²) in [5.41, 5.74) is 6.59. The quantitative estimate of drug-likeness (QED) is 0.786. The summed E-state index contributed by atoms with van der Waals surface area (Å²) >= 11 is 1.29. The highest BCUT2D eigenvalue weighted by molar-refractivity contribution is 7.18. The van der Waals surface area contributed by atoms with Crippen LogP contribution in [0.5, 0.6) is 5.75 Å². The van der Waals surface area contributed by atoms with Gasteiger partial charge in [-0.1, -0.05) is 13.8 Å². The number of likely N-dealkylation sites (tertiary alicyclic amines) is 1.